The smallest absolute Gasteiger partial charge is 0.263 e. The number of hydrogen-bond acceptors (Lipinski definition) is 8. The highest BCUT2D eigenvalue weighted by atomic mass is 19.3. The summed E-state index contributed by atoms with van der Waals surface area (Å²) in [7, 11) is 0. The van der Waals surface area contributed by atoms with Gasteiger partial charge in [0.2, 0.25) is 17.8 Å². The van der Waals surface area contributed by atoms with Crippen molar-refractivity contribution in [1.82, 2.24) is 25.4 Å². The molecule has 3 aliphatic heterocycles. The van der Waals surface area contributed by atoms with Gasteiger partial charge in [0.1, 0.15) is 6.04 Å². The fraction of sp³-hybridized carbons (Fsp3) is 0.773. The maximum absolute atomic E-state index is 14.9. The van der Waals surface area contributed by atoms with Crippen LogP contribution < -0.4 is 15.5 Å². The van der Waals surface area contributed by atoms with E-state index < -0.39 is 23.8 Å². The van der Waals surface area contributed by atoms with Gasteiger partial charge in [0.15, 0.2) is 5.82 Å². The minimum absolute atomic E-state index is 0.00633. The molecule has 3 saturated heterocycles. The highest BCUT2D eigenvalue weighted by molar-refractivity contribution is 6.01. The van der Waals surface area contributed by atoms with Crippen molar-refractivity contribution in [3.8, 4) is 0 Å². The van der Waals surface area contributed by atoms with Gasteiger partial charge in [-0.2, -0.15) is 0 Å². The molecule has 3 aliphatic rings. The Hall–Kier alpha value is -2.43. The van der Waals surface area contributed by atoms with Gasteiger partial charge in [0, 0.05) is 32.0 Å². The van der Waals surface area contributed by atoms with Crippen molar-refractivity contribution in [3.63, 3.8) is 0 Å². The first-order valence-corrected chi connectivity index (χ1v) is 11.9. The molecule has 2 amide bonds. The molecule has 0 radical (unpaired) electrons. The summed E-state index contributed by atoms with van der Waals surface area (Å²) >= 11 is 0. The molecule has 0 aliphatic carbocycles. The average molecular weight is 466 g/mol. The van der Waals surface area contributed by atoms with Gasteiger partial charge in [-0.3, -0.25) is 19.8 Å². The number of nitrogens with zero attached hydrogens (tertiary/aromatic N) is 5. The first-order chi connectivity index (χ1) is 15.7. The summed E-state index contributed by atoms with van der Waals surface area (Å²) in [6.07, 6.45) is 4.17. The van der Waals surface area contributed by atoms with Crippen molar-refractivity contribution in [2.24, 2.45) is 17.8 Å². The van der Waals surface area contributed by atoms with Gasteiger partial charge in [-0.1, -0.05) is 13.8 Å². The second-order valence-corrected chi connectivity index (χ2v) is 9.90. The number of hydrogen-bond donors (Lipinski definition) is 2. The molecule has 182 valence electrons. The third-order valence-corrected chi connectivity index (χ3v) is 6.88. The lowest BCUT2D eigenvalue weighted by Crippen LogP contribution is -2.53. The number of imide groups is 1. The summed E-state index contributed by atoms with van der Waals surface area (Å²) in [5.41, 5.74) is 0. The molecule has 0 aromatic carbocycles. The predicted octanol–water partition coefficient (Wildman–Crippen LogP) is 1.92. The maximum Gasteiger partial charge on any atom is 0.263 e. The van der Waals surface area contributed by atoms with Crippen molar-refractivity contribution in [1.29, 1.82) is 0 Å². The van der Waals surface area contributed by atoms with Crippen molar-refractivity contribution >= 4 is 23.6 Å². The second-order valence-electron chi connectivity index (χ2n) is 9.90. The fourth-order valence-electron chi connectivity index (χ4n) is 5.28. The first kappa shape index (κ1) is 23.7. The Morgan fingerprint density at radius 1 is 1.15 bits per heavy atom. The molecule has 0 bridgehead atoms. The third-order valence-electron chi connectivity index (χ3n) is 6.88. The molecule has 4 heterocycles. The number of likely N-dealkylation sites (tertiary alicyclic amines) is 1. The molecule has 33 heavy (non-hydrogen) atoms. The Morgan fingerprint density at radius 2 is 1.91 bits per heavy atom. The van der Waals surface area contributed by atoms with E-state index in [2.05, 4.69) is 39.7 Å². The van der Waals surface area contributed by atoms with Crippen LogP contribution in [-0.4, -0.2) is 76.6 Å². The molecule has 2 atom stereocenters. The number of amides is 2. The second kappa shape index (κ2) is 9.82. The van der Waals surface area contributed by atoms with E-state index in [-0.39, 0.29) is 30.7 Å². The minimum Gasteiger partial charge on any atom is -0.354 e. The lowest BCUT2D eigenvalue weighted by Gasteiger charge is -2.44. The van der Waals surface area contributed by atoms with E-state index in [1.807, 2.05) is 9.80 Å². The SMILES string of the molecule is CC(C)CN1CCC(C2CCN(c3cnc(NC4CCC(=O)NC4=O)nn3)CC2)C(F)(F)C1. The zero-order chi connectivity index (χ0) is 23.6. The third kappa shape index (κ3) is 5.74. The van der Waals surface area contributed by atoms with Crippen molar-refractivity contribution in [2.45, 2.75) is 57.9 Å². The van der Waals surface area contributed by atoms with Crippen LogP contribution in [-0.2, 0) is 9.59 Å². The van der Waals surface area contributed by atoms with Gasteiger partial charge in [-0.25, -0.2) is 13.8 Å². The Morgan fingerprint density at radius 3 is 2.52 bits per heavy atom. The number of alkyl halides is 2. The number of aromatic nitrogens is 3. The number of carbonyl (C=O) groups excluding carboxylic acids is 2. The topological polar surface area (TPSA) is 103 Å². The molecule has 4 rings (SSSR count). The van der Waals surface area contributed by atoms with E-state index in [1.54, 1.807) is 6.20 Å². The van der Waals surface area contributed by atoms with Gasteiger partial charge in [0.25, 0.3) is 5.92 Å². The molecule has 0 spiro atoms. The monoisotopic (exact) mass is 465 g/mol. The molecule has 11 heteroatoms. The highest BCUT2D eigenvalue weighted by Gasteiger charge is 2.48. The fourth-order valence-corrected chi connectivity index (χ4v) is 5.28. The molecule has 1 aromatic heterocycles. The Kier molecular flexibility index (Phi) is 7.06. The summed E-state index contributed by atoms with van der Waals surface area (Å²) in [5.74, 6) is -2.68. The number of halogens is 2. The molecular weight excluding hydrogens is 432 g/mol. The van der Waals surface area contributed by atoms with E-state index in [0.717, 1.165) is 13.1 Å². The Bertz CT molecular complexity index is 844. The summed E-state index contributed by atoms with van der Waals surface area (Å²) in [4.78, 5) is 31.3. The van der Waals surface area contributed by atoms with E-state index in [4.69, 9.17) is 0 Å². The van der Waals surface area contributed by atoms with Crippen molar-refractivity contribution < 1.29 is 18.4 Å². The lowest BCUT2D eigenvalue weighted by molar-refractivity contribution is -0.134. The van der Waals surface area contributed by atoms with Crippen LogP contribution in [0.4, 0.5) is 20.5 Å². The van der Waals surface area contributed by atoms with Crippen LogP contribution in [0.3, 0.4) is 0 Å². The number of nitrogens with one attached hydrogen (secondary N) is 2. The zero-order valence-electron chi connectivity index (χ0n) is 19.3. The summed E-state index contributed by atoms with van der Waals surface area (Å²) in [6.45, 7) is 6.75. The molecule has 2 N–H and O–H groups in total. The number of anilines is 2. The zero-order valence-corrected chi connectivity index (χ0v) is 19.3. The number of rotatable bonds is 6. The van der Waals surface area contributed by atoms with E-state index in [9.17, 15) is 18.4 Å². The van der Waals surface area contributed by atoms with Gasteiger partial charge < -0.3 is 10.2 Å². The van der Waals surface area contributed by atoms with Crippen molar-refractivity contribution in [3.05, 3.63) is 6.20 Å². The largest absolute Gasteiger partial charge is 0.354 e. The Balaban J connectivity index is 1.28. The molecule has 9 nitrogen and oxygen atoms in total. The van der Waals surface area contributed by atoms with Gasteiger partial charge >= 0.3 is 0 Å². The maximum atomic E-state index is 14.9. The number of piperidine rings is 3. The van der Waals surface area contributed by atoms with Crippen LogP contribution in [0.15, 0.2) is 6.20 Å². The lowest BCUT2D eigenvalue weighted by atomic mass is 9.76. The highest BCUT2D eigenvalue weighted by Crippen LogP contribution is 2.42. The van der Waals surface area contributed by atoms with E-state index >= 15 is 0 Å². The molecule has 1 aromatic rings. The number of carbonyl (C=O) groups is 2. The van der Waals surface area contributed by atoms with Crippen LogP contribution in [0.25, 0.3) is 0 Å². The predicted molar refractivity (Wildman–Crippen MR) is 119 cm³/mol. The van der Waals surface area contributed by atoms with Crippen LogP contribution in [0.1, 0.15) is 46.0 Å². The first-order valence-electron chi connectivity index (χ1n) is 11.9. The van der Waals surface area contributed by atoms with Crippen LogP contribution in [0.5, 0.6) is 0 Å². The molecule has 2 unspecified atom stereocenters. The minimum atomic E-state index is -2.65. The molecule has 0 saturated carbocycles. The Labute approximate surface area is 192 Å². The summed E-state index contributed by atoms with van der Waals surface area (Å²) < 4.78 is 29.8. The normalized spacial score (nSPS) is 27.0. The summed E-state index contributed by atoms with van der Waals surface area (Å²) in [6, 6.07) is -0.570. The van der Waals surface area contributed by atoms with Crippen LogP contribution >= 0.6 is 0 Å². The quantitative estimate of drug-likeness (QED) is 0.615. The average Bonchev–Trinajstić information content (AvgIpc) is 2.75. The van der Waals surface area contributed by atoms with Gasteiger partial charge in [-0.05, 0) is 44.1 Å². The standard InChI is InChI=1S/C22H33F2N7O2/c1-14(2)12-30-8-7-16(22(23,24)13-30)15-5-9-31(10-6-15)18-11-25-21(29-28-18)26-17-3-4-19(32)27-20(17)33/h11,14-17H,3-10,12-13H2,1-2H3,(H,25,26,29)(H,27,32,33). The molecular formula is C22H33F2N7O2. The van der Waals surface area contributed by atoms with Gasteiger partial charge in [-0.15, -0.1) is 10.2 Å². The van der Waals surface area contributed by atoms with Crippen LogP contribution in [0.2, 0.25) is 0 Å². The van der Waals surface area contributed by atoms with Gasteiger partial charge in [0.05, 0.1) is 12.7 Å². The van der Waals surface area contributed by atoms with E-state index in [1.165, 1.54) is 0 Å². The summed E-state index contributed by atoms with van der Waals surface area (Å²) in [5, 5.41) is 13.5. The van der Waals surface area contributed by atoms with Crippen LogP contribution in [0, 0.1) is 17.8 Å². The molecule has 3 fully saturated rings. The van der Waals surface area contributed by atoms with Crippen molar-refractivity contribution in [2.75, 3.05) is 42.9 Å². The van der Waals surface area contributed by atoms with E-state index in [0.29, 0.717) is 50.5 Å².